The van der Waals surface area contributed by atoms with E-state index in [2.05, 4.69) is 21.2 Å². The van der Waals surface area contributed by atoms with Gasteiger partial charge in [0.25, 0.3) is 10.0 Å². The Morgan fingerprint density at radius 1 is 1.00 bits per heavy atom. The number of sulfonamides is 1. The number of carbonyl (C=O) groups excluding carboxylic acids is 1. The maximum absolute atomic E-state index is 13.2. The Morgan fingerprint density at radius 3 is 2.43 bits per heavy atom. The molecule has 0 spiro atoms. The van der Waals surface area contributed by atoms with Crippen LogP contribution in [0.4, 0.5) is 11.4 Å². The number of amides is 1. The summed E-state index contributed by atoms with van der Waals surface area (Å²) >= 11 is 9.34. The van der Waals surface area contributed by atoms with Crippen molar-refractivity contribution in [1.82, 2.24) is 0 Å². The Kier molecular flexibility index (Phi) is 4.91. The Hall–Kier alpha value is -2.35. The summed E-state index contributed by atoms with van der Waals surface area (Å²) in [6.45, 7) is -0.346. The second-order valence-electron chi connectivity index (χ2n) is 6.20. The lowest BCUT2D eigenvalue weighted by Crippen LogP contribution is -2.40. The minimum atomic E-state index is -3.86. The Balaban J connectivity index is 1.69. The smallest absolute Gasteiger partial charge is 0.265 e. The molecule has 0 radical (unpaired) electrons. The third-order valence-electron chi connectivity index (χ3n) is 4.41. The largest absolute Gasteiger partial charge is 0.324 e. The van der Waals surface area contributed by atoms with Gasteiger partial charge >= 0.3 is 0 Å². The van der Waals surface area contributed by atoms with Crippen LogP contribution in [0.15, 0.2) is 76.1 Å². The highest BCUT2D eigenvalue weighted by Gasteiger charge is 2.35. The lowest BCUT2D eigenvalue weighted by molar-refractivity contribution is -0.114. The molecule has 5 nitrogen and oxygen atoms in total. The van der Waals surface area contributed by atoms with Crippen molar-refractivity contribution < 1.29 is 13.2 Å². The van der Waals surface area contributed by atoms with Crippen LogP contribution in [0.5, 0.6) is 0 Å². The molecule has 1 N–H and O–H groups in total. The lowest BCUT2D eigenvalue weighted by atomic mass is 10.0. The molecule has 1 heterocycles. The van der Waals surface area contributed by atoms with E-state index in [1.54, 1.807) is 54.6 Å². The summed E-state index contributed by atoms with van der Waals surface area (Å²) in [6, 6.07) is 18.9. The van der Waals surface area contributed by atoms with Crippen molar-refractivity contribution in [1.29, 1.82) is 0 Å². The number of anilines is 2. The fourth-order valence-electron chi connectivity index (χ4n) is 3.16. The number of hydrogen-bond donors (Lipinski definition) is 1. The van der Waals surface area contributed by atoms with Crippen LogP contribution in [0.3, 0.4) is 0 Å². The highest BCUT2D eigenvalue weighted by molar-refractivity contribution is 9.10. The average Bonchev–Trinajstić information content (AvgIpc) is 2.68. The van der Waals surface area contributed by atoms with Crippen molar-refractivity contribution in [2.75, 3.05) is 16.2 Å². The van der Waals surface area contributed by atoms with E-state index in [0.29, 0.717) is 26.4 Å². The highest BCUT2D eigenvalue weighted by atomic mass is 79.9. The van der Waals surface area contributed by atoms with Gasteiger partial charge in [0, 0.05) is 21.3 Å². The molecule has 1 aliphatic rings. The number of benzene rings is 3. The van der Waals surface area contributed by atoms with Crippen molar-refractivity contribution in [3.63, 3.8) is 0 Å². The van der Waals surface area contributed by atoms with Crippen LogP contribution in [-0.4, -0.2) is 20.9 Å². The zero-order valence-corrected chi connectivity index (χ0v) is 17.6. The topological polar surface area (TPSA) is 66.5 Å². The molecule has 142 valence electrons. The van der Waals surface area contributed by atoms with Gasteiger partial charge in [-0.25, -0.2) is 8.42 Å². The van der Waals surface area contributed by atoms with Gasteiger partial charge in [0.15, 0.2) is 0 Å². The van der Waals surface area contributed by atoms with Crippen molar-refractivity contribution in [2.45, 2.75) is 4.90 Å². The first-order valence-electron chi connectivity index (χ1n) is 8.34. The van der Waals surface area contributed by atoms with Gasteiger partial charge in [-0.3, -0.25) is 9.10 Å². The molecule has 0 unspecified atom stereocenters. The average molecular weight is 478 g/mol. The Morgan fingerprint density at radius 2 is 1.68 bits per heavy atom. The molecule has 28 heavy (non-hydrogen) atoms. The SMILES string of the molecule is O=C(CN1c2ccccc2-c2ccccc2S1(=O)=O)Nc1ccc(Br)c(Cl)c1. The van der Waals surface area contributed by atoms with E-state index in [1.807, 2.05) is 12.1 Å². The standard InChI is InChI=1S/C20H14BrClN2O3S/c21-16-10-9-13(11-17(16)22)23-20(25)12-24-18-7-3-1-5-14(18)15-6-2-4-8-19(15)28(24,26)27/h1-11H,12H2,(H,23,25). The minimum Gasteiger partial charge on any atom is -0.324 e. The first kappa shape index (κ1) is 19.0. The van der Waals surface area contributed by atoms with E-state index in [1.165, 1.54) is 0 Å². The van der Waals surface area contributed by atoms with Gasteiger partial charge in [-0.2, -0.15) is 0 Å². The third kappa shape index (κ3) is 3.30. The summed E-state index contributed by atoms with van der Waals surface area (Å²) in [5.41, 5.74) is 2.37. The summed E-state index contributed by atoms with van der Waals surface area (Å²) < 4.78 is 28.2. The number of carbonyl (C=O) groups is 1. The molecule has 3 aromatic carbocycles. The van der Waals surface area contributed by atoms with Gasteiger partial charge in [0.2, 0.25) is 5.91 Å². The second kappa shape index (κ2) is 7.24. The van der Waals surface area contributed by atoms with Crippen LogP contribution >= 0.6 is 27.5 Å². The predicted octanol–water partition coefficient (Wildman–Crippen LogP) is 4.92. The molecular weight excluding hydrogens is 464 g/mol. The van der Waals surface area contributed by atoms with Crippen LogP contribution < -0.4 is 9.62 Å². The van der Waals surface area contributed by atoms with E-state index in [0.717, 1.165) is 9.87 Å². The zero-order valence-electron chi connectivity index (χ0n) is 14.4. The maximum Gasteiger partial charge on any atom is 0.265 e. The molecule has 8 heteroatoms. The van der Waals surface area contributed by atoms with Crippen LogP contribution in [0.2, 0.25) is 5.02 Å². The summed E-state index contributed by atoms with van der Waals surface area (Å²) in [5.74, 6) is -0.462. The Bertz CT molecular complexity index is 1200. The molecule has 1 amide bonds. The molecular formula is C20H14BrClN2O3S. The van der Waals surface area contributed by atoms with Crippen LogP contribution in [0.1, 0.15) is 0 Å². The van der Waals surface area contributed by atoms with Gasteiger partial charge in [-0.15, -0.1) is 0 Å². The van der Waals surface area contributed by atoms with E-state index in [4.69, 9.17) is 11.6 Å². The minimum absolute atomic E-state index is 0.188. The van der Waals surface area contributed by atoms with Gasteiger partial charge in [0.1, 0.15) is 6.54 Å². The molecule has 1 aliphatic heterocycles. The maximum atomic E-state index is 13.2. The summed E-state index contributed by atoms with van der Waals surface area (Å²) in [7, 11) is -3.86. The number of rotatable bonds is 3. The first-order chi connectivity index (χ1) is 13.4. The van der Waals surface area contributed by atoms with E-state index in [9.17, 15) is 13.2 Å². The Labute approximate surface area is 176 Å². The van der Waals surface area contributed by atoms with E-state index >= 15 is 0 Å². The van der Waals surface area contributed by atoms with E-state index < -0.39 is 15.9 Å². The number of nitrogens with zero attached hydrogens (tertiary/aromatic N) is 1. The molecule has 3 aromatic rings. The number of para-hydroxylation sites is 1. The lowest BCUT2D eigenvalue weighted by Gasteiger charge is -2.31. The molecule has 0 saturated carbocycles. The van der Waals surface area contributed by atoms with Gasteiger partial charge in [0.05, 0.1) is 15.6 Å². The zero-order chi connectivity index (χ0) is 19.9. The van der Waals surface area contributed by atoms with Gasteiger partial charge in [-0.05, 0) is 46.3 Å². The molecule has 4 rings (SSSR count). The second-order valence-corrected chi connectivity index (χ2v) is 9.29. The molecule has 0 atom stereocenters. The molecule has 0 aliphatic carbocycles. The normalized spacial score (nSPS) is 14.1. The van der Waals surface area contributed by atoms with Crippen molar-refractivity contribution >= 4 is 54.8 Å². The summed E-state index contributed by atoms with van der Waals surface area (Å²) in [6.07, 6.45) is 0. The third-order valence-corrected chi connectivity index (χ3v) is 7.46. The van der Waals surface area contributed by atoms with Crippen LogP contribution in [-0.2, 0) is 14.8 Å². The molecule has 0 fully saturated rings. The van der Waals surface area contributed by atoms with Crippen molar-refractivity contribution in [3.8, 4) is 11.1 Å². The quantitative estimate of drug-likeness (QED) is 0.582. The predicted molar refractivity (Wildman–Crippen MR) is 114 cm³/mol. The monoisotopic (exact) mass is 476 g/mol. The fourth-order valence-corrected chi connectivity index (χ4v) is 5.23. The number of fused-ring (bicyclic) bond motifs is 3. The number of nitrogens with one attached hydrogen (secondary N) is 1. The van der Waals surface area contributed by atoms with Crippen molar-refractivity contribution in [2.24, 2.45) is 0 Å². The van der Waals surface area contributed by atoms with Crippen LogP contribution in [0.25, 0.3) is 11.1 Å². The van der Waals surface area contributed by atoms with Crippen LogP contribution in [0, 0.1) is 0 Å². The van der Waals surface area contributed by atoms with Gasteiger partial charge < -0.3 is 5.32 Å². The highest BCUT2D eigenvalue weighted by Crippen LogP contribution is 2.42. The van der Waals surface area contributed by atoms with Gasteiger partial charge in [-0.1, -0.05) is 48.0 Å². The summed E-state index contributed by atoms with van der Waals surface area (Å²) in [4.78, 5) is 12.8. The first-order valence-corrected chi connectivity index (χ1v) is 10.9. The molecule has 0 bridgehead atoms. The summed E-state index contributed by atoms with van der Waals surface area (Å²) in [5, 5.41) is 3.15. The number of halogens is 2. The number of hydrogen-bond acceptors (Lipinski definition) is 3. The molecule has 0 aromatic heterocycles. The fraction of sp³-hybridized carbons (Fsp3) is 0.0500. The van der Waals surface area contributed by atoms with E-state index in [-0.39, 0.29) is 11.4 Å². The van der Waals surface area contributed by atoms with Crippen molar-refractivity contribution in [3.05, 3.63) is 76.2 Å². The molecule has 0 saturated heterocycles.